The molecule has 0 aliphatic carbocycles. The fourth-order valence-corrected chi connectivity index (χ4v) is 1.05. The van der Waals surface area contributed by atoms with Crippen LogP contribution >= 0.6 is 0 Å². The van der Waals surface area contributed by atoms with E-state index in [9.17, 15) is 0 Å². The molecule has 14 heavy (non-hydrogen) atoms. The van der Waals surface area contributed by atoms with E-state index in [1.54, 1.807) is 20.5 Å². The van der Waals surface area contributed by atoms with Crippen molar-refractivity contribution in [2.75, 3.05) is 14.2 Å². The molecule has 0 spiro atoms. The van der Waals surface area contributed by atoms with Crippen LogP contribution in [0, 0.1) is 5.41 Å². The van der Waals surface area contributed by atoms with E-state index in [2.05, 4.69) is 26.0 Å². The van der Waals surface area contributed by atoms with Crippen molar-refractivity contribution in [1.82, 2.24) is 0 Å². The molecule has 0 saturated heterocycles. The van der Waals surface area contributed by atoms with Crippen LogP contribution in [0.4, 0.5) is 0 Å². The van der Waals surface area contributed by atoms with Gasteiger partial charge in [0.05, 0.1) is 26.2 Å². The van der Waals surface area contributed by atoms with Gasteiger partial charge in [-0.2, -0.15) is 0 Å². The summed E-state index contributed by atoms with van der Waals surface area (Å²) in [6.07, 6.45) is 7.93. The molecule has 0 radical (unpaired) electrons. The summed E-state index contributed by atoms with van der Waals surface area (Å²) in [6, 6.07) is 0. The van der Waals surface area contributed by atoms with E-state index in [4.69, 9.17) is 9.47 Å². The van der Waals surface area contributed by atoms with Crippen LogP contribution < -0.4 is 0 Å². The third-order valence-electron chi connectivity index (χ3n) is 2.17. The van der Waals surface area contributed by atoms with Crippen LogP contribution in [-0.2, 0) is 9.47 Å². The molecule has 0 rings (SSSR count). The van der Waals surface area contributed by atoms with Crippen LogP contribution in [0.15, 0.2) is 24.2 Å². The molecule has 0 aliphatic heterocycles. The van der Waals surface area contributed by atoms with E-state index in [0.717, 1.165) is 18.6 Å². The zero-order valence-corrected chi connectivity index (χ0v) is 9.96. The van der Waals surface area contributed by atoms with E-state index in [1.165, 1.54) is 0 Å². The largest absolute Gasteiger partial charge is 0.505 e. The van der Waals surface area contributed by atoms with Crippen LogP contribution in [0.25, 0.3) is 0 Å². The molecule has 0 amide bonds. The second-order valence-electron chi connectivity index (χ2n) is 4.20. The van der Waals surface area contributed by atoms with E-state index in [0.29, 0.717) is 0 Å². The molecule has 2 heteroatoms. The average molecular weight is 198 g/mol. The van der Waals surface area contributed by atoms with Crippen molar-refractivity contribution in [2.45, 2.75) is 33.6 Å². The highest BCUT2D eigenvalue weighted by molar-refractivity contribution is 4.94. The molecule has 0 aliphatic rings. The Balaban J connectivity index is 4.00. The topological polar surface area (TPSA) is 18.5 Å². The Hall–Kier alpha value is -0.920. The minimum atomic E-state index is 0.259. The van der Waals surface area contributed by atoms with Gasteiger partial charge in [0.25, 0.3) is 0 Å². The minimum Gasteiger partial charge on any atom is -0.505 e. The maximum absolute atomic E-state index is 5.09. The van der Waals surface area contributed by atoms with Crippen molar-refractivity contribution < 1.29 is 9.47 Å². The Kier molecular flexibility index (Phi) is 6.09. The normalized spacial score (nSPS) is 13.4. The smallest absolute Gasteiger partial charge is 0.0885 e. The van der Waals surface area contributed by atoms with Crippen LogP contribution in [0.2, 0.25) is 0 Å². The maximum Gasteiger partial charge on any atom is 0.0885 e. The number of rotatable bonds is 6. The molecule has 0 aromatic heterocycles. The zero-order chi connectivity index (χ0) is 11.0. The summed E-state index contributed by atoms with van der Waals surface area (Å²) >= 11 is 0. The van der Waals surface area contributed by atoms with Gasteiger partial charge in [-0.25, -0.2) is 0 Å². The highest BCUT2D eigenvalue weighted by Gasteiger charge is 2.14. The summed E-state index contributed by atoms with van der Waals surface area (Å²) in [4.78, 5) is 0. The molecule has 0 aromatic carbocycles. The Labute approximate surface area is 87.6 Å². The van der Waals surface area contributed by atoms with Gasteiger partial charge in [-0.05, 0) is 37.3 Å². The number of hydrogen-bond acceptors (Lipinski definition) is 2. The van der Waals surface area contributed by atoms with Crippen molar-refractivity contribution in [3.05, 3.63) is 24.2 Å². The Bertz CT molecular complexity index is 202. The molecule has 0 atom stereocenters. The molecule has 0 saturated carbocycles. The molecule has 2 nitrogen and oxygen atoms in total. The number of ether oxygens (including phenoxy) is 2. The van der Waals surface area contributed by atoms with Gasteiger partial charge < -0.3 is 9.47 Å². The molecular formula is C12H22O2. The van der Waals surface area contributed by atoms with Crippen LogP contribution in [0.1, 0.15) is 33.6 Å². The summed E-state index contributed by atoms with van der Waals surface area (Å²) in [6.45, 7) is 6.43. The summed E-state index contributed by atoms with van der Waals surface area (Å²) in [5.41, 5.74) is 0.259. The first-order chi connectivity index (χ1) is 6.52. The Morgan fingerprint density at radius 3 is 2.36 bits per heavy atom. The van der Waals surface area contributed by atoms with Gasteiger partial charge in [0.15, 0.2) is 0 Å². The van der Waals surface area contributed by atoms with Crippen molar-refractivity contribution in [2.24, 2.45) is 5.41 Å². The summed E-state index contributed by atoms with van der Waals surface area (Å²) in [5, 5.41) is 0. The van der Waals surface area contributed by atoms with Gasteiger partial charge in [0, 0.05) is 0 Å². The standard InChI is InChI=1S/C12H22O2/c1-11(14-5)7-9-12(2,3)8-6-10-13-4/h6-7,10H,8-9H2,1-5H3. The lowest BCUT2D eigenvalue weighted by molar-refractivity contribution is 0.284. The number of allylic oxidation sites excluding steroid dienone is 3. The first kappa shape index (κ1) is 13.1. The molecule has 0 fully saturated rings. The second kappa shape index (κ2) is 6.52. The van der Waals surface area contributed by atoms with E-state index < -0.39 is 0 Å². The molecular weight excluding hydrogens is 176 g/mol. The Morgan fingerprint density at radius 2 is 1.86 bits per heavy atom. The summed E-state index contributed by atoms with van der Waals surface area (Å²) < 4.78 is 9.95. The lowest BCUT2D eigenvalue weighted by Crippen LogP contribution is -2.08. The second-order valence-corrected chi connectivity index (χ2v) is 4.20. The minimum absolute atomic E-state index is 0.259. The number of methoxy groups -OCH3 is 2. The fourth-order valence-electron chi connectivity index (χ4n) is 1.05. The van der Waals surface area contributed by atoms with Crippen molar-refractivity contribution >= 4 is 0 Å². The van der Waals surface area contributed by atoms with Gasteiger partial charge >= 0.3 is 0 Å². The van der Waals surface area contributed by atoms with E-state index in [-0.39, 0.29) is 5.41 Å². The van der Waals surface area contributed by atoms with Crippen molar-refractivity contribution in [1.29, 1.82) is 0 Å². The summed E-state index contributed by atoms with van der Waals surface area (Å²) in [5.74, 6) is 0.980. The Morgan fingerprint density at radius 1 is 1.21 bits per heavy atom. The zero-order valence-electron chi connectivity index (χ0n) is 9.96. The van der Waals surface area contributed by atoms with Crippen LogP contribution in [0.5, 0.6) is 0 Å². The predicted molar refractivity (Wildman–Crippen MR) is 59.9 cm³/mol. The average Bonchev–Trinajstić information content (AvgIpc) is 2.14. The fraction of sp³-hybridized carbons (Fsp3) is 0.667. The van der Waals surface area contributed by atoms with Crippen molar-refractivity contribution in [3.8, 4) is 0 Å². The number of hydrogen-bond donors (Lipinski definition) is 0. The van der Waals surface area contributed by atoms with Gasteiger partial charge in [-0.1, -0.05) is 13.8 Å². The van der Waals surface area contributed by atoms with Crippen LogP contribution in [0.3, 0.4) is 0 Å². The van der Waals surface area contributed by atoms with Gasteiger partial charge in [-0.15, -0.1) is 0 Å². The highest BCUT2D eigenvalue weighted by Crippen LogP contribution is 2.26. The van der Waals surface area contributed by atoms with Gasteiger partial charge in [0.2, 0.25) is 0 Å². The molecule has 0 N–H and O–H groups in total. The lowest BCUT2D eigenvalue weighted by atomic mass is 9.85. The first-order valence-electron chi connectivity index (χ1n) is 4.90. The molecule has 0 unspecified atom stereocenters. The highest BCUT2D eigenvalue weighted by atomic mass is 16.5. The molecule has 0 aromatic rings. The third kappa shape index (κ3) is 6.58. The van der Waals surface area contributed by atoms with Crippen LogP contribution in [-0.4, -0.2) is 14.2 Å². The van der Waals surface area contributed by atoms with Gasteiger partial charge in [0.1, 0.15) is 0 Å². The first-order valence-corrected chi connectivity index (χ1v) is 4.90. The predicted octanol–water partition coefficient (Wildman–Crippen LogP) is 3.50. The SMILES string of the molecule is COC=CCC(C)(C)CC=C(C)OC. The van der Waals surface area contributed by atoms with Crippen molar-refractivity contribution in [3.63, 3.8) is 0 Å². The maximum atomic E-state index is 5.09. The quantitative estimate of drug-likeness (QED) is 0.608. The van der Waals surface area contributed by atoms with Gasteiger partial charge in [-0.3, -0.25) is 0 Å². The third-order valence-corrected chi connectivity index (χ3v) is 2.17. The lowest BCUT2D eigenvalue weighted by Gasteiger charge is -2.20. The molecule has 0 heterocycles. The van der Waals surface area contributed by atoms with E-state index >= 15 is 0 Å². The summed E-state index contributed by atoms with van der Waals surface area (Å²) in [7, 11) is 3.36. The van der Waals surface area contributed by atoms with E-state index in [1.807, 2.05) is 6.92 Å². The monoisotopic (exact) mass is 198 g/mol. The molecule has 82 valence electrons. The molecule has 0 bridgehead atoms.